The van der Waals surface area contributed by atoms with Crippen molar-refractivity contribution in [1.29, 1.82) is 0 Å². The molecule has 1 fully saturated rings. The van der Waals surface area contributed by atoms with Crippen LogP contribution in [0.15, 0.2) is 36.5 Å². The van der Waals surface area contributed by atoms with Gasteiger partial charge in [0.25, 0.3) is 11.6 Å². The molecule has 1 aliphatic heterocycles. The van der Waals surface area contributed by atoms with Gasteiger partial charge in [-0.2, -0.15) is 0 Å². The maximum absolute atomic E-state index is 11.6. The summed E-state index contributed by atoms with van der Waals surface area (Å²) in [5.41, 5.74) is 6.33. The van der Waals surface area contributed by atoms with Crippen molar-refractivity contribution in [2.75, 3.05) is 25.5 Å². The second-order valence-corrected chi connectivity index (χ2v) is 6.76. The first-order valence-electron chi connectivity index (χ1n) is 9.02. The van der Waals surface area contributed by atoms with E-state index in [1.807, 2.05) is 18.2 Å². The number of primary amides is 1. The Morgan fingerprint density at radius 2 is 2.14 bits per heavy atom. The average molecular weight is 385 g/mol. The van der Waals surface area contributed by atoms with Gasteiger partial charge in [0.15, 0.2) is 0 Å². The van der Waals surface area contributed by atoms with Gasteiger partial charge in [0.2, 0.25) is 0 Å². The lowest BCUT2D eigenvalue weighted by atomic mass is 10.0. The Bertz CT molecular complexity index is 865. The lowest BCUT2D eigenvalue weighted by Gasteiger charge is -2.32. The van der Waals surface area contributed by atoms with Crippen LogP contribution in [0.1, 0.15) is 28.8 Å². The molecule has 148 valence electrons. The van der Waals surface area contributed by atoms with E-state index in [1.54, 1.807) is 7.11 Å². The molecule has 9 nitrogen and oxygen atoms in total. The Morgan fingerprint density at radius 3 is 2.79 bits per heavy atom. The van der Waals surface area contributed by atoms with Crippen LogP contribution in [0.25, 0.3) is 0 Å². The largest absolute Gasteiger partial charge is 0.497 e. The first kappa shape index (κ1) is 19.6. The minimum Gasteiger partial charge on any atom is -0.497 e. The highest BCUT2D eigenvalue weighted by Crippen LogP contribution is 2.23. The van der Waals surface area contributed by atoms with Gasteiger partial charge in [0.1, 0.15) is 17.8 Å². The lowest BCUT2D eigenvalue weighted by molar-refractivity contribution is -0.385. The number of carbonyl (C=O) groups excluding carboxylic acids is 1. The van der Waals surface area contributed by atoms with E-state index in [9.17, 15) is 14.9 Å². The van der Waals surface area contributed by atoms with Crippen LogP contribution >= 0.6 is 0 Å². The predicted octanol–water partition coefficient (Wildman–Crippen LogP) is 2.17. The van der Waals surface area contributed by atoms with Crippen molar-refractivity contribution >= 4 is 17.4 Å². The van der Waals surface area contributed by atoms with Gasteiger partial charge in [-0.25, -0.2) is 4.98 Å². The van der Waals surface area contributed by atoms with Gasteiger partial charge in [0, 0.05) is 31.7 Å². The smallest absolute Gasteiger partial charge is 0.288 e. The normalized spacial score (nSPS) is 15.2. The van der Waals surface area contributed by atoms with Crippen LogP contribution in [-0.2, 0) is 6.54 Å². The zero-order valence-corrected chi connectivity index (χ0v) is 15.6. The van der Waals surface area contributed by atoms with Crippen LogP contribution < -0.4 is 15.8 Å². The summed E-state index contributed by atoms with van der Waals surface area (Å²) < 4.78 is 5.27. The van der Waals surface area contributed by atoms with E-state index in [0.717, 1.165) is 50.5 Å². The zero-order chi connectivity index (χ0) is 20.1. The van der Waals surface area contributed by atoms with Crippen LogP contribution in [-0.4, -0.2) is 47.0 Å². The topological polar surface area (TPSA) is 124 Å². The number of benzene rings is 1. The molecule has 28 heavy (non-hydrogen) atoms. The van der Waals surface area contributed by atoms with Crippen molar-refractivity contribution in [3.8, 4) is 5.75 Å². The Labute approximate surface area is 162 Å². The second kappa shape index (κ2) is 8.66. The van der Waals surface area contributed by atoms with Crippen molar-refractivity contribution < 1.29 is 14.5 Å². The third-order valence-electron chi connectivity index (χ3n) is 4.82. The highest BCUT2D eigenvalue weighted by Gasteiger charge is 2.23. The molecular formula is C19H23N5O4. The quantitative estimate of drug-likeness (QED) is 0.553. The minimum atomic E-state index is -0.742. The van der Waals surface area contributed by atoms with Gasteiger partial charge in [-0.3, -0.25) is 19.8 Å². The summed E-state index contributed by atoms with van der Waals surface area (Å²) >= 11 is 0. The van der Waals surface area contributed by atoms with E-state index < -0.39 is 10.8 Å². The molecule has 0 atom stereocenters. The molecular weight excluding hydrogens is 362 g/mol. The summed E-state index contributed by atoms with van der Waals surface area (Å²) in [4.78, 5) is 28.3. The number of nitrogens with two attached hydrogens (primary N) is 1. The van der Waals surface area contributed by atoms with Crippen molar-refractivity contribution in [3.63, 3.8) is 0 Å². The number of aromatic nitrogens is 1. The molecule has 0 spiro atoms. The molecule has 1 aromatic carbocycles. The third kappa shape index (κ3) is 4.74. The summed E-state index contributed by atoms with van der Waals surface area (Å²) in [5, 5.41) is 14.1. The van der Waals surface area contributed by atoms with Crippen molar-refractivity contribution in [3.05, 3.63) is 57.8 Å². The number of ether oxygens (including phenoxy) is 1. The number of nitro groups is 1. The first-order chi connectivity index (χ1) is 13.5. The Kier molecular flexibility index (Phi) is 6.05. The van der Waals surface area contributed by atoms with Crippen LogP contribution in [0.5, 0.6) is 5.75 Å². The number of anilines is 1. The Balaban J connectivity index is 1.59. The highest BCUT2D eigenvalue weighted by atomic mass is 16.6. The van der Waals surface area contributed by atoms with E-state index in [-0.39, 0.29) is 17.3 Å². The molecule has 9 heteroatoms. The van der Waals surface area contributed by atoms with Gasteiger partial charge >= 0.3 is 0 Å². The molecule has 0 aliphatic carbocycles. The molecule has 2 aromatic rings. The number of carbonyl (C=O) groups is 1. The number of pyridine rings is 1. The third-order valence-corrected chi connectivity index (χ3v) is 4.82. The number of nitrogens with one attached hydrogen (secondary N) is 1. The fraction of sp³-hybridized carbons (Fsp3) is 0.368. The Morgan fingerprint density at radius 1 is 1.39 bits per heavy atom. The first-order valence-corrected chi connectivity index (χ1v) is 9.02. The van der Waals surface area contributed by atoms with E-state index in [0.29, 0.717) is 5.82 Å². The molecule has 0 radical (unpaired) electrons. The lowest BCUT2D eigenvalue weighted by Crippen LogP contribution is -2.39. The summed E-state index contributed by atoms with van der Waals surface area (Å²) in [6, 6.07) is 9.29. The van der Waals surface area contributed by atoms with Crippen LogP contribution in [0.2, 0.25) is 0 Å². The average Bonchev–Trinajstić information content (AvgIpc) is 2.69. The van der Waals surface area contributed by atoms with Gasteiger partial charge in [0.05, 0.1) is 17.6 Å². The van der Waals surface area contributed by atoms with Gasteiger partial charge in [-0.1, -0.05) is 12.1 Å². The number of amides is 1. The molecule has 3 N–H and O–H groups in total. The van der Waals surface area contributed by atoms with Gasteiger partial charge < -0.3 is 15.8 Å². The summed E-state index contributed by atoms with van der Waals surface area (Å²) in [7, 11) is 1.66. The number of methoxy groups -OCH3 is 1. The fourth-order valence-electron chi connectivity index (χ4n) is 3.31. The number of nitrogens with zero attached hydrogens (tertiary/aromatic N) is 3. The monoisotopic (exact) mass is 385 g/mol. The minimum absolute atomic E-state index is 0.0352. The molecule has 1 aromatic heterocycles. The van der Waals surface area contributed by atoms with Crippen molar-refractivity contribution in [2.24, 2.45) is 5.73 Å². The highest BCUT2D eigenvalue weighted by molar-refractivity contribution is 5.98. The van der Waals surface area contributed by atoms with Gasteiger partial charge in [-0.15, -0.1) is 0 Å². The van der Waals surface area contributed by atoms with E-state index in [2.05, 4.69) is 21.3 Å². The molecule has 1 amide bonds. The maximum atomic E-state index is 11.6. The van der Waals surface area contributed by atoms with E-state index >= 15 is 0 Å². The van der Waals surface area contributed by atoms with E-state index in [4.69, 9.17) is 10.5 Å². The van der Waals surface area contributed by atoms with Crippen molar-refractivity contribution in [1.82, 2.24) is 9.88 Å². The van der Waals surface area contributed by atoms with Crippen molar-refractivity contribution in [2.45, 2.75) is 25.4 Å². The van der Waals surface area contributed by atoms with E-state index in [1.165, 1.54) is 5.56 Å². The van der Waals surface area contributed by atoms with Crippen LogP contribution in [0.3, 0.4) is 0 Å². The van der Waals surface area contributed by atoms with Crippen LogP contribution in [0, 0.1) is 10.1 Å². The predicted molar refractivity (Wildman–Crippen MR) is 104 cm³/mol. The molecule has 2 heterocycles. The maximum Gasteiger partial charge on any atom is 0.288 e. The van der Waals surface area contributed by atoms with Gasteiger partial charge in [-0.05, 0) is 30.5 Å². The van der Waals surface area contributed by atoms with Crippen LogP contribution in [0.4, 0.5) is 11.5 Å². The summed E-state index contributed by atoms with van der Waals surface area (Å²) in [5.74, 6) is 0.399. The number of rotatable bonds is 7. The zero-order valence-electron chi connectivity index (χ0n) is 15.6. The SMILES string of the molecule is COc1cccc(CN2CCC(Nc3ncc([N+](=O)[O-])cc3C(N)=O)CC2)c1. The number of likely N-dealkylation sites (tertiary alicyclic amines) is 1. The summed E-state index contributed by atoms with van der Waals surface area (Å²) in [6.45, 7) is 2.60. The molecule has 0 unspecified atom stereocenters. The molecule has 1 aliphatic rings. The molecule has 1 saturated heterocycles. The molecule has 0 bridgehead atoms. The second-order valence-electron chi connectivity index (χ2n) is 6.76. The Hall–Kier alpha value is -3.20. The fourth-order valence-corrected chi connectivity index (χ4v) is 3.31. The number of piperidine rings is 1. The number of hydrogen-bond donors (Lipinski definition) is 2. The standard InChI is InChI=1S/C19H23N5O4/c1-28-16-4-2-3-13(9-16)12-23-7-5-14(6-8-23)22-19-17(18(20)25)10-15(11-21-19)24(26)27/h2-4,9-11,14H,5-8,12H2,1H3,(H2,20,25)(H,21,22). The molecule has 3 rings (SSSR count). The summed E-state index contributed by atoms with van der Waals surface area (Å²) in [6.07, 6.45) is 2.86. The number of hydrogen-bond acceptors (Lipinski definition) is 7. The molecule has 0 saturated carbocycles.